The zero-order chi connectivity index (χ0) is 26.5. The molecule has 204 valence electrons. The summed E-state index contributed by atoms with van der Waals surface area (Å²) < 4.78 is 21.4. The van der Waals surface area contributed by atoms with Crippen LogP contribution >= 0.6 is 17.1 Å². The van der Waals surface area contributed by atoms with E-state index < -0.39 is 5.69 Å². The second-order valence-electron chi connectivity index (χ2n) is 11.2. The van der Waals surface area contributed by atoms with Gasteiger partial charge in [0.25, 0.3) is 5.56 Å². The van der Waals surface area contributed by atoms with E-state index in [2.05, 4.69) is 61.5 Å². The van der Waals surface area contributed by atoms with E-state index in [9.17, 15) is 4.79 Å². The summed E-state index contributed by atoms with van der Waals surface area (Å²) in [4.78, 5) is 24.4. The fourth-order valence-electron chi connectivity index (χ4n) is 5.46. The van der Waals surface area contributed by atoms with Gasteiger partial charge in [-0.1, -0.05) is 44.3 Å². The molecule has 1 aliphatic carbocycles. The molecule has 2 N–H and O–H groups in total. The molecule has 0 radical (unpaired) electrons. The number of hydrogen-bond acceptors (Lipinski definition) is 9. The molecule has 12 heteroatoms. The minimum absolute atomic E-state index is 0.0209. The Morgan fingerprint density at radius 3 is 2.97 bits per heavy atom. The molecule has 2 unspecified atom stereocenters. The molecule has 37 heavy (non-hydrogen) atoms. The van der Waals surface area contributed by atoms with Crippen molar-refractivity contribution >= 4 is 46.0 Å². The molecule has 5 rings (SSSR count). The second-order valence-corrected chi connectivity index (χ2v) is 17.7. The number of hydrogen-bond donors (Lipinski definition) is 2. The number of allylic oxidation sites excluding steroid dienone is 1. The largest absolute Gasteiger partial charge is 0.355 e. The van der Waals surface area contributed by atoms with Crippen LogP contribution in [0.25, 0.3) is 11.2 Å². The Bertz CT molecular complexity index is 1280. The molecule has 7 atom stereocenters. The quantitative estimate of drug-likeness (QED) is 0.304. The van der Waals surface area contributed by atoms with Gasteiger partial charge in [-0.05, 0) is 63.2 Å². The Hall–Kier alpha value is -1.23. The molecule has 0 aromatic carbocycles. The van der Waals surface area contributed by atoms with Crippen LogP contribution in [0.4, 0.5) is 5.95 Å². The summed E-state index contributed by atoms with van der Waals surface area (Å²) in [5, 5.41) is 3.20. The summed E-state index contributed by atoms with van der Waals surface area (Å²) in [6, 6.07) is 0. The maximum atomic E-state index is 12.6. The lowest BCUT2D eigenvalue weighted by Gasteiger charge is -2.37. The first kappa shape index (κ1) is 27.3. The summed E-state index contributed by atoms with van der Waals surface area (Å²) in [7, 11) is 0. The van der Waals surface area contributed by atoms with Crippen molar-refractivity contribution in [1.29, 1.82) is 0 Å². The molecule has 0 bridgehead atoms. The first-order valence-corrected chi connectivity index (χ1v) is 17.3. The number of H-pyrrole nitrogens is 1. The van der Waals surface area contributed by atoms with Gasteiger partial charge in [-0.3, -0.25) is 14.3 Å². The van der Waals surface area contributed by atoms with Gasteiger partial charge in [0.2, 0.25) is 11.6 Å². The first-order chi connectivity index (χ1) is 17.5. The predicted molar refractivity (Wildman–Crippen MR) is 152 cm³/mol. The summed E-state index contributed by atoms with van der Waals surface area (Å²) in [6.45, 7) is 15.5. The van der Waals surface area contributed by atoms with Gasteiger partial charge in [0.1, 0.15) is 6.23 Å². The van der Waals surface area contributed by atoms with E-state index in [1.54, 1.807) is 17.7 Å². The van der Waals surface area contributed by atoms with Crippen molar-refractivity contribution in [3.05, 3.63) is 28.8 Å². The number of fused-ring (bicyclic) bond motifs is 2. The van der Waals surface area contributed by atoms with E-state index in [-0.39, 0.29) is 34.8 Å². The van der Waals surface area contributed by atoms with Crippen LogP contribution < -0.4 is 10.9 Å². The highest BCUT2D eigenvalue weighted by Gasteiger charge is 2.54. The fraction of sp³-hybridized carbons (Fsp3) is 0.720. The van der Waals surface area contributed by atoms with E-state index in [0.29, 0.717) is 41.9 Å². The number of nitrogens with one attached hydrogen (secondary N) is 2. The highest BCUT2D eigenvalue weighted by atomic mass is 32.9. The van der Waals surface area contributed by atoms with E-state index in [4.69, 9.17) is 25.6 Å². The Balaban J connectivity index is 1.34. The van der Waals surface area contributed by atoms with Gasteiger partial charge in [0.15, 0.2) is 11.2 Å². The van der Waals surface area contributed by atoms with Crippen LogP contribution in [0.2, 0.25) is 0 Å². The third kappa shape index (κ3) is 5.45. The number of aromatic nitrogens is 4. The molecular formula is C25H38N5O4PS2. The molecule has 4 heterocycles. The first-order valence-electron chi connectivity index (χ1n) is 13.2. The van der Waals surface area contributed by atoms with E-state index in [1.807, 2.05) is 4.57 Å². The topological polar surface area (TPSA) is 103 Å². The monoisotopic (exact) mass is 567 g/mol. The molecule has 2 saturated heterocycles. The number of aromatic amines is 1. The summed E-state index contributed by atoms with van der Waals surface area (Å²) in [6.07, 6.45) is 5.52. The van der Waals surface area contributed by atoms with Crippen LogP contribution in [0.1, 0.15) is 73.0 Å². The number of imidazole rings is 1. The second kappa shape index (κ2) is 10.4. The van der Waals surface area contributed by atoms with Crippen LogP contribution in [0.5, 0.6) is 0 Å². The summed E-state index contributed by atoms with van der Waals surface area (Å²) in [5.74, 6) is 1.32. The van der Waals surface area contributed by atoms with Gasteiger partial charge in [-0.2, -0.15) is 4.98 Å². The molecule has 2 aromatic heterocycles. The molecule has 9 nitrogen and oxygen atoms in total. The third-order valence-corrected chi connectivity index (χ3v) is 13.5. The Morgan fingerprint density at radius 2 is 2.27 bits per heavy atom. The predicted octanol–water partition coefficient (Wildman–Crippen LogP) is 5.76. The van der Waals surface area contributed by atoms with Crippen LogP contribution in [0.15, 0.2) is 23.3 Å². The molecule has 1 saturated carbocycles. The number of ether oxygens (including phenoxy) is 1. The average molecular weight is 568 g/mol. The van der Waals surface area contributed by atoms with E-state index >= 15 is 0 Å². The third-order valence-electron chi connectivity index (χ3n) is 7.71. The molecular weight excluding hydrogens is 529 g/mol. The minimum Gasteiger partial charge on any atom is -0.355 e. The van der Waals surface area contributed by atoms with Gasteiger partial charge in [-0.25, -0.2) is 4.98 Å². The number of nitrogens with zero attached hydrogens (tertiary/aromatic N) is 3. The van der Waals surface area contributed by atoms with Crippen molar-refractivity contribution in [2.45, 2.75) is 96.0 Å². The van der Waals surface area contributed by atoms with Crippen molar-refractivity contribution in [3.63, 3.8) is 0 Å². The summed E-state index contributed by atoms with van der Waals surface area (Å²) >= 11 is 7.80. The van der Waals surface area contributed by atoms with Gasteiger partial charge in [0.05, 0.1) is 24.6 Å². The summed E-state index contributed by atoms with van der Waals surface area (Å²) in [5.41, 5.74) is -0.815. The molecule has 2 aromatic rings. The lowest BCUT2D eigenvalue weighted by Crippen LogP contribution is -2.39. The normalized spacial score (nSPS) is 35.8. The SMILES string of the molecule is C=C(C)[C@@H]1CC[C@]2(C)SP(=S)(O[C@H]3C[C@H](n4cnc5c(=O)[nH]c(NCC(C)C)nc54)O[C@@H]3CC)OC2C1. The van der Waals surface area contributed by atoms with Gasteiger partial charge in [0, 0.05) is 17.7 Å². The molecule has 3 fully saturated rings. The smallest absolute Gasteiger partial charge is 0.280 e. The zero-order valence-corrected chi connectivity index (χ0v) is 24.8. The number of anilines is 1. The van der Waals surface area contributed by atoms with Crippen molar-refractivity contribution in [1.82, 2.24) is 19.5 Å². The van der Waals surface area contributed by atoms with Crippen molar-refractivity contribution < 1.29 is 13.8 Å². The molecule has 0 spiro atoms. The molecule has 0 amide bonds. The van der Waals surface area contributed by atoms with E-state index in [1.165, 1.54) is 5.57 Å². The van der Waals surface area contributed by atoms with Crippen LogP contribution in [0.3, 0.4) is 0 Å². The van der Waals surface area contributed by atoms with Crippen molar-refractivity contribution in [2.75, 3.05) is 11.9 Å². The van der Waals surface area contributed by atoms with Gasteiger partial charge < -0.3 is 19.1 Å². The van der Waals surface area contributed by atoms with Gasteiger partial charge >= 0.3 is 0 Å². The average Bonchev–Trinajstić information content (AvgIpc) is 3.49. The van der Waals surface area contributed by atoms with Crippen LogP contribution in [-0.4, -0.2) is 49.1 Å². The lowest BCUT2D eigenvalue weighted by molar-refractivity contribution is -0.0151. The Kier molecular flexibility index (Phi) is 7.68. The Labute approximate surface area is 227 Å². The standard InChI is InChI=1S/C25H38N5O4PS2/c1-7-17-18(33-35(36)34-19-10-16(15(4)5)8-9-25(19,6)37-35)11-20(32-17)30-13-27-21-22(30)28-24(29-23(21)31)26-12-14(2)3/h13-14,16-20H,4,7-12H2,1-3,5-6H3,(H2,26,28,29,31)/t16-,17-,18+,19?,20-,25+,35?/m1/s1. The Morgan fingerprint density at radius 1 is 1.49 bits per heavy atom. The van der Waals surface area contributed by atoms with Crippen molar-refractivity contribution in [2.24, 2.45) is 11.8 Å². The maximum Gasteiger partial charge on any atom is 0.280 e. The minimum atomic E-state index is -2.55. The lowest BCUT2D eigenvalue weighted by atomic mass is 9.77. The van der Waals surface area contributed by atoms with E-state index in [0.717, 1.165) is 25.7 Å². The van der Waals surface area contributed by atoms with Crippen LogP contribution in [-0.2, 0) is 25.6 Å². The fourth-order valence-corrected chi connectivity index (χ4v) is 13.1. The number of rotatable bonds is 8. The van der Waals surface area contributed by atoms with Crippen LogP contribution in [0, 0.1) is 11.8 Å². The van der Waals surface area contributed by atoms with Gasteiger partial charge in [-0.15, -0.1) is 0 Å². The van der Waals surface area contributed by atoms with Crippen molar-refractivity contribution in [3.8, 4) is 0 Å². The molecule has 3 aliphatic rings. The maximum absolute atomic E-state index is 12.6. The highest BCUT2D eigenvalue weighted by molar-refractivity contribution is 8.68. The zero-order valence-electron chi connectivity index (χ0n) is 22.2. The molecule has 2 aliphatic heterocycles. The highest BCUT2D eigenvalue weighted by Crippen LogP contribution is 2.76.